The Morgan fingerprint density at radius 2 is 1.68 bits per heavy atom. The van der Waals surface area contributed by atoms with E-state index in [1.165, 1.54) is 30.3 Å². The van der Waals surface area contributed by atoms with Gasteiger partial charge >= 0.3 is 12.2 Å². The molecule has 1 aliphatic rings. The minimum absolute atomic E-state index is 0.0784. The van der Waals surface area contributed by atoms with E-state index in [2.05, 4.69) is 32.2 Å². The third kappa shape index (κ3) is 7.56. The van der Waals surface area contributed by atoms with Crippen molar-refractivity contribution in [3.8, 4) is 11.1 Å². The average Bonchev–Trinajstić information content (AvgIpc) is 3.56. The fourth-order valence-corrected chi connectivity index (χ4v) is 6.47. The molecule has 0 aliphatic carbocycles. The van der Waals surface area contributed by atoms with Gasteiger partial charge in [0.15, 0.2) is 0 Å². The minimum atomic E-state index is -4.74. The number of amides is 2. The van der Waals surface area contributed by atoms with Crippen molar-refractivity contribution >= 4 is 27.4 Å². The summed E-state index contributed by atoms with van der Waals surface area (Å²) in [5.74, 6) is 0. The molecular weight excluding hydrogens is 591 g/mol. The second kappa shape index (κ2) is 13.1. The SMILES string of the molecule is CC(c1cccc(-c2ccc(C(F)(F)F)cc2S(=O)(=O)Nc2ccc(NC(=O)NCc3cccnc3)cc2)c1)N1CCCC1. The average molecular weight is 624 g/mol. The molecule has 230 valence electrons. The maximum Gasteiger partial charge on any atom is 0.416 e. The van der Waals surface area contributed by atoms with Crippen LogP contribution in [0.15, 0.2) is 96.2 Å². The number of carbonyl (C=O) groups excluding carboxylic acids is 1. The van der Waals surface area contributed by atoms with E-state index < -0.39 is 32.7 Å². The number of halogens is 3. The van der Waals surface area contributed by atoms with Crippen LogP contribution in [0.3, 0.4) is 0 Å². The molecule has 0 spiro atoms. The van der Waals surface area contributed by atoms with Gasteiger partial charge in [0.05, 0.1) is 10.5 Å². The number of nitrogens with zero attached hydrogens (tertiary/aromatic N) is 2. The van der Waals surface area contributed by atoms with Crippen molar-refractivity contribution in [2.24, 2.45) is 0 Å². The first kappa shape index (κ1) is 31.0. The standard InChI is InChI=1S/C32H32F3N5O3S/c1-22(40-16-2-3-17-40)24-7-4-8-25(18-24)29-14-9-26(32(33,34)35)19-30(29)44(42,43)39-28-12-10-27(11-13-28)38-31(41)37-21-23-6-5-15-36-20-23/h4-15,18-20,22,39H,2-3,16-17,21H2,1H3,(H2,37,38,41). The molecule has 1 saturated heterocycles. The molecular formula is C32H32F3N5O3S. The number of carbonyl (C=O) groups is 1. The molecule has 1 aliphatic heterocycles. The number of alkyl halides is 3. The van der Waals surface area contributed by atoms with Gasteiger partial charge in [-0.1, -0.05) is 30.3 Å². The predicted molar refractivity (Wildman–Crippen MR) is 163 cm³/mol. The van der Waals surface area contributed by atoms with Gasteiger partial charge in [-0.05, 0) is 98.1 Å². The smallest absolute Gasteiger partial charge is 0.334 e. The topological polar surface area (TPSA) is 103 Å². The Morgan fingerprint density at radius 1 is 0.955 bits per heavy atom. The number of aromatic nitrogens is 1. The number of benzene rings is 3. The van der Waals surface area contributed by atoms with E-state index in [1.54, 1.807) is 30.6 Å². The van der Waals surface area contributed by atoms with E-state index in [1.807, 2.05) is 18.2 Å². The Kier molecular flexibility index (Phi) is 9.21. The third-order valence-electron chi connectivity index (χ3n) is 7.54. The number of urea groups is 1. The Morgan fingerprint density at radius 3 is 2.36 bits per heavy atom. The molecule has 0 radical (unpaired) electrons. The van der Waals surface area contributed by atoms with Crippen LogP contribution in [0.25, 0.3) is 11.1 Å². The van der Waals surface area contributed by atoms with E-state index in [4.69, 9.17) is 0 Å². The number of anilines is 2. The zero-order valence-corrected chi connectivity index (χ0v) is 24.8. The van der Waals surface area contributed by atoms with Crippen molar-refractivity contribution in [1.29, 1.82) is 0 Å². The summed E-state index contributed by atoms with van der Waals surface area (Å²) < 4.78 is 70.7. The number of likely N-dealkylation sites (tertiary alicyclic amines) is 1. The molecule has 3 aromatic carbocycles. The molecule has 0 saturated carbocycles. The fourth-order valence-electron chi connectivity index (χ4n) is 5.16. The van der Waals surface area contributed by atoms with Crippen LogP contribution >= 0.6 is 0 Å². The van der Waals surface area contributed by atoms with Gasteiger partial charge in [0.25, 0.3) is 10.0 Å². The summed E-state index contributed by atoms with van der Waals surface area (Å²) in [6.45, 7) is 4.25. The van der Waals surface area contributed by atoms with Gasteiger partial charge < -0.3 is 10.6 Å². The number of hydrogen-bond acceptors (Lipinski definition) is 5. The lowest BCUT2D eigenvalue weighted by molar-refractivity contribution is -0.137. The van der Waals surface area contributed by atoms with Gasteiger partial charge in [-0.25, -0.2) is 13.2 Å². The van der Waals surface area contributed by atoms with E-state index in [0.29, 0.717) is 17.3 Å². The van der Waals surface area contributed by atoms with Crippen LogP contribution in [-0.4, -0.2) is 37.4 Å². The lowest BCUT2D eigenvalue weighted by atomic mass is 9.98. The highest BCUT2D eigenvalue weighted by Crippen LogP contribution is 2.37. The molecule has 8 nitrogen and oxygen atoms in total. The van der Waals surface area contributed by atoms with E-state index in [0.717, 1.165) is 43.1 Å². The van der Waals surface area contributed by atoms with Gasteiger partial charge in [0, 0.05) is 41.9 Å². The van der Waals surface area contributed by atoms with Crippen LogP contribution in [0.2, 0.25) is 0 Å². The second-order valence-electron chi connectivity index (χ2n) is 10.6. The molecule has 5 rings (SSSR count). The molecule has 1 unspecified atom stereocenters. The summed E-state index contributed by atoms with van der Waals surface area (Å²) in [5.41, 5.74) is 1.86. The van der Waals surface area contributed by atoms with Gasteiger partial charge in [0.2, 0.25) is 0 Å². The van der Waals surface area contributed by atoms with Crippen molar-refractivity contribution in [1.82, 2.24) is 15.2 Å². The molecule has 2 heterocycles. The Balaban J connectivity index is 1.37. The molecule has 0 bridgehead atoms. The second-order valence-corrected chi connectivity index (χ2v) is 12.3. The van der Waals surface area contributed by atoms with Crippen molar-refractivity contribution in [3.63, 3.8) is 0 Å². The number of hydrogen-bond donors (Lipinski definition) is 3. The normalized spacial score (nSPS) is 14.6. The monoisotopic (exact) mass is 623 g/mol. The van der Waals surface area contributed by atoms with Gasteiger partial charge in [-0.15, -0.1) is 0 Å². The van der Waals surface area contributed by atoms with Crippen LogP contribution in [0.1, 0.15) is 42.5 Å². The Hall–Kier alpha value is -4.42. The first-order valence-electron chi connectivity index (χ1n) is 14.1. The molecule has 12 heteroatoms. The lowest BCUT2D eigenvalue weighted by Gasteiger charge is -2.24. The Bertz CT molecular complexity index is 1710. The summed E-state index contributed by atoms with van der Waals surface area (Å²) >= 11 is 0. The predicted octanol–water partition coefficient (Wildman–Crippen LogP) is 7.05. The van der Waals surface area contributed by atoms with Crippen LogP contribution in [0, 0.1) is 0 Å². The van der Waals surface area contributed by atoms with Crippen molar-refractivity contribution in [2.45, 2.75) is 43.4 Å². The van der Waals surface area contributed by atoms with Gasteiger partial charge in [-0.2, -0.15) is 13.2 Å². The van der Waals surface area contributed by atoms with Crippen LogP contribution in [0.5, 0.6) is 0 Å². The quantitative estimate of drug-likeness (QED) is 0.186. The summed E-state index contributed by atoms with van der Waals surface area (Å²) in [5, 5.41) is 5.34. The summed E-state index contributed by atoms with van der Waals surface area (Å²) in [6.07, 6.45) is 0.727. The molecule has 2 amide bonds. The van der Waals surface area contributed by atoms with Crippen molar-refractivity contribution < 1.29 is 26.4 Å². The highest BCUT2D eigenvalue weighted by Gasteiger charge is 2.33. The zero-order valence-electron chi connectivity index (χ0n) is 23.9. The lowest BCUT2D eigenvalue weighted by Crippen LogP contribution is -2.28. The third-order valence-corrected chi connectivity index (χ3v) is 8.96. The van der Waals surface area contributed by atoms with Crippen LogP contribution in [0.4, 0.5) is 29.3 Å². The van der Waals surface area contributed by atoms with Crippen LogP contribution in [-0.2, 0) is 22.7 Å². The number of nitrogens with one attached hydrogen (secondary N) is 3. The van der Waals surface area contributed by atoms with Crippen molar-refractivity contribution in [2.75, 3.05) is 23.1 Å². The minimum Gasteiger partial charge on any atom is -0.334 e. The molecule has 1 aromatic heterocycles. The summed E-state index contributed by atoms with van der Waals surface area (Å²) in [7, 11) is -4.46. The van der Waals surface area contributed by atoms with Gasteiger partial charge in [-0.3, -0.25) is 14.6 Å². The van der Waals surface area contributed by atoms with E-state index >= 15 is 0 Å². The maximum atomic E-state index is 13.7. The number of rotatable bonds is 9. The van der Waals surface area contributed by atoms with Crippen LogP contribution < -0.4 is 15.4 Å². The fraction of sp³-hybridized carbons (Fsp3) is 0.250. The molecule has 44 heavy (non-hydrogen) atoms. The van der Waals surface area contributed by atoms with E-state index in [-0.39, 0.29) is 23.8 Å². The molecule has 3 N–H and O–H groups in total. The summed E-state index contributed by atoms with van der Waals surface area (Å²) in [6, 6.07) is 19.0. The van der Waals surface area contributed by atoms with Crippen molar-refractivity contribution in [3.05, 3.63) is 108 Å². The number of pyridine rings is 1. The first-order valence-corrected chi connectivity index (χ1v) is 15.6. The largest absolute Gasteiger partial charge is 0.416 e. The zero-order chi connectivity index (χ0) is 31.3. The van der Waals surface area contributed by atoms with Gasteiger partial charge in [0.1, 0.15) is 0 Å². The molecule has 1 fully saturated rings. The number of sulfonamides is 1. The highest BCUT2D eigenvalue weighted by atomic mass is 32.2. The molecule has 1 atom stereocenters. The first-order chi connectivity index (χ1) is 21.0. The maximum absolute atomic E-state index is 13.7. The Labute approximate surface area is 254 Å². The van der Waals surface area contributed by atoms with E-state index in [9.17, 15) is 26.4 Å². The summed E-state index contributed by atoms with van der Waals surface area (Å²) in [4.78, 5) is 18.1. The highest BCUT2D eigenvalue weighted by molar-refractivity contribution is 7.92. The molecule has 4 aromatic rings.